The number of carbonyl (C=O) groups excluding carboxylic acids is 1. The third kappa shape index (κ3) is 5.23. The maximum absolute atomic E-state index is 12.0. The van der Waals surface area contributed by atoms with Crippen molar-refractivity contribution in [2.75, 3.05) is 25.6 Å². The van der Waals surface area contributed by atoms with Crippen molar-refractivity contribution >= 4 is 17.5 Å². The summed E-state index contributed by atoms with van der Waals surface area (Å²) in [6.45, 7) is 3.06. The van der Waals surface area contributed by atoms with Crippen molar-refractivity contribution in [3.05, 3.63) is 35.9 Å². The van der Waals surface area contributed by atoms with E-state index in [0.717, 1.165) is 12.1 Å². The van der Waals surface area contributed by atoms with Crippen LogP contribution in [-0.4, -0.2) is 42.3 Å². The fourth-order valence-corrected chi connectivity index (χ4v) is 2.35. The van der Waals surface area contributed by atoms with Crippen LogP contribution in [0.5, 0.6) is 0 Å². The van der Waals surface area contributed by atoms with Crippen LogP contribution < -0.4 is 0 Å². The van der Waals surface area contributed by atoms with E-state index in [0.29, 0.717) is 12.5 Å². The van der Waals surface area contributed by atoms with E-state index in [-0.39, 0.29) is 5.78 Å². The highest BCUT2D eigenvalue weighted by molar-refractivity contribution is 7.98. The first-order valence-corrected chi connectivity index (χ1v) is 7.82. The van der Waals surface area contributed by atoms with Crippen molar-refractivity contribution in [3.8, 4) is 0 Å². The highest BCUT2D eigenvalue weighted by Gasteiger charge is 2.11. The van der Waals surface area contributed by atoms with E-state index in [9.17, 15) is 4.79 Å². The SMILES string of the molecule is CSCCC(C)N(C)CCC(=O)c1ccccc1. The molecule has 3 heteroatoms. The highest BCUT2D eigenvalue weighted by atomic mass is 32.2. The molecule has 1 aromatic rings. The zero-order valence-electron chi connectivity index (χ0n) is 11.6. The van der Waals surface area contributed by atoms with Gasteiger partial charge in [-0.05, 0) is 32.4 Å². The Hall–Kier alpha value is -0.800. The molecule has 0 heterocycles. The summed E-state index contributed by atoms with van der Waals surface area (Å²) < 4.78 is 0. The van der Waals surface area contributed by atoms with Crippen molar-refractivity contribution in [2.45, 2.75) is 25.8 Å². The molecule has 2 nitrogen and oxygen atoms in total. The standard InChI is InChI=1S/C15H23NOS/c1-13(10-12-18-3)16(2)11-9-15(17)14-7-5-4-6-8-14/h4-8,13H,9-12H2,1-3H3. The number of ketones is 1. The number of hydrogen-bond acceptors (Lipinski definition) is 3. The first-order valence-electron chi connectivity index (χ1n) is 6.42. The van der Waals surface area contributed by atoms with Gasteiger partial charge in [-0.25, -0.2) is 0 Å². The molecular formula is C15H23NOS. The molecule has 0 radical (unpaired) electrons. The van der Waals surface area contributed by atoms with Gasteiger partial charge in [0, 0.05) is 24.6 Å². The van der Waals surface area contributed by atoms with Gasteiger partial charge in [-0.15, -0.1) is 0 Å². The maximum Gasteiger partial charge on any atom is 0.164 e. The quantitative estimate of drug-likeness (QED) is 0.672. The molecule has 0 spiro atoms. The number of rotatable bonds is 8. The number of carbonyl (C=O) groups is 1. The van der Waals surface area contributed by atoms with Crippen molar-refractivity contribution in [3.63, 3.8) is 0 Å². The first kappa shape index (κ1) is 15.3. The summed E-state index contributed by atoms with van der Waals surface area (Å²) in [4.78, 5) is 14.2. The molecule has 0 amide bonds. The second-order valence-electron chi connectivity index (χ2n) is 4.65. The molecule has 0 N–H and O–H groups in total. The van der Waals surface area contributed by atoms with Gasteiger partial charge < -0.3 is 4.90 Å². The molecule has 1 aromatic carbocycles. The molecule has 0 bridgehead atoms. The summed E-state index contributed by atoms with van der Waals surface area (Å²) in [7, 11) is 2.10. The third-order valence-corrected chi connectivity index (χ3v) is 3.92. The first-order chi connectivity index (χ1) is 8.65. The predicted octanol–water partition coefficient (Wildman–Crippen LogP) is 3.33. The number of nitrogens with zero attached hydrogens (tertiary/aromatic N) is 1. The Kier molecular flexibility index (Phi) is 7.06. The van der Waals surface area contributed by atoms with Crippen molar-refractivity contribution in [1.82, 2.24) is 4.90 Å². The molecule has 100 valence electrons. The van der Waals surface area contributed by atoms with Gasteiger partial charge in [0.1, 0.15) is 0 Å². The average Bonchev–Trinajstić information content (AvgIpc) is 2.42. The van der Waals surface area contributed by atoms with Crippen LogP contribution in [0.25, 0.3) is 0 Å². The van der Waals surface area contributed by atoms with Gasteiger partial charge >= 0.3 is 0 Å². The van der Waals surface area contributed by atoms with Gasteiger partial charge in [0.15, 0.2) is 5.78 Å². The predicted molar refractivity (Wildman–Crippen MR) is 80.5 cm³/mol. The van der Waals surface area contributed by atoms with Crippen LogP contribution in [0.3, 0.4) is 0 Å². The lowest BCUT2D eigenvalue weighted by Gasteiger charge is -2.24. The fourth-order valence-electron chi connectivity index (χ4n) is 1.78. The second kappa shape index (κ2) is 8.33. The van der Waals surface area contributed by atoms with Gasteiger partial charge in [0.05, 0.1) is 0 Å². The van der Waals surface area contributed by atoms with E-state index in [1.165, 1.54) is 12.2 Å². The zero-order chi connectivity index (χ0) is 13.4. The minimum atomic E-state index is 0.236. The van der Waals surface area contributed by atoms with Crippen LogP contribution in [0, 0.1) is 0 Å². The molecule has 0 saturated carbocycles. The Morgan fingerprint density at radius 1 is 1.33 bits per heavy atom. The normalized spacial score (nSPS) is 12.7. The van der Waals surface area contributed by atoms with Crippen LogP contribution in [-0.2, 0) is 0 Å². The lowest BCUT2D eigenvalue weighted by atomic mass is 10.1. The van der Waals surface area contributed by atoms with Crippen molar-refractivity contribution in [2.24, 2.45) is 0 Å². The monoisotopic (exact) mass is 265 g/mol. The number of benzene rings is 1. The largest absolute Gasteiger partial charge is 0.303 e. The average molecular weight is 265 g/mol. The summed E-state index contributed by atoms with van der Waals surface area (Å²) in [5, 5.41) is 0. The Morgan fingerprint density at radius 3 is 2.61 bits per heavy atom. The van der Waals surface area contributed by atoms with Crippen LogP contribution in [0.1, 0.15) is 30.1 Å². The van der Waals surface area contributed by atoms with E-state index >= 15 is 0 Å². The summed E-state index contributed by atoms with van der Waals surface area (Å²) in [5.74, 6) is 1.41. The van der Waals surface area contributed by atoms with E-state index in [1.54, 1.807) is 0 Å². The third-order valence-electron chi connectivity index (χ3n) is 3.28. The van der Waals surface area contributed by atoms with Crippen LogP contribution in [0.2, 0.25) is 0 Å². The summed E-state index contributed by atoms with van der Waals surface area (Å²) in [6.07, 6.45) is 3.91. The molecular weight excluding hydrogens is 242 g/mol. The molecule has 1 rings (SSSR count). The maximum atomic E-state index is 12.0. The summed E-state index contributed by atoms with van der Waals surface area (Å²) in [5.41, 5.74) is 0.822. The van der Waals surface area contributed by atoms with Gasteiger partial charge in [-0.2, -0.15) is 11.8 Å². The Bertz CT molecular complexity index is 353. The fraction of sp³-hybridized carbons (Fsp3) is 0.533. The molecule has 0 aromatic heterocycles. The summed E-state index contributed by atoms with van der Waals surface area (Å²) in [6, 6.07) is 10.1. The van der Waals surface area contributed by atoms with Gasteiger partial charge in [-0.3, -0.25) is 4.79 Å². The van der Waals surface area contributed by atoms with Crippen LogP contribution in [0.4, 0.5) is 0 Å². The molecule has 0 aliphatic heterocycles. The van der Waals surface area contributed by atoms with Crippen LogP contribution in [0.15, 0.2) is 30.3 Å². The van der Waals surface area contributed by atoms with Crippen LogP contribution >= 0.6 is 11.8 Å². The topological polar surface area (TPSA) is 20.3 Å². The number of Topliss-reactive ketones (excluding diaryl/α,β-unsaturated/α-hetero) is 1. The van der Waals surface area contributed by atoms with Gasteiger partial charge in [0.2, 0.25) is 0 Å². The minimum absolute atomic E-state index is 0.236. The lowest BCUT2D eigenvalue weighted by Crippen LogP contribution is -2.31. The Labute approximate surface area is 115 Å². The molecule has 0 saturated heterocycles. The van der Waals surface area contributed by atoms with E-state index in [2.05, 4.69) is 25.1 Å². The number of hydrogen-bond donors (Lipinski definition) is 0. The van der Waals surface area contributed by atoms with Gasteiger partial charge in [0.25, 0.3) is 0 Å². The molecule has 1 atom stereocenters. The van der Waals surface area contributed by atoms with Gasteiger partial charge in [-0.1, -0.05) is 30.3 Å². The Balaban J connectivity index is 2.34. The summed E-state index contributed by atoms with van der Waals surface area (Å²) >= 11 is 1.88. The lowest BCUT2D eigenvalue weighted by molar-refractivity contribution is 0.0962. The second-order valence-corrected chi connectivity index (χ2v) is 5.64. The smallest absolute Gasteiger partial charge is 0.164 e. The molecule has 0 aliphatic carbocycles. The molecule has 0 fully saturated rings. The Morgan fingerprint density at radius 2 is 2.00 bits per heavy atom. The highest BCUT2D eigenvalue weighted by Crippen LogP contribution is 2.08. The molecule has 18 heavy (non-hydrogen) atoms. The van der Waals surface area contributed by atoms with E-state index < -0.39 is 0 Å². The van der Waals surface area contributed by atoms with Crippen molar-refractivity contribution in [1.29, 1.82) is 0 Å². The van der Waals surface area contributed by atoms with Crippen molar-refractivity contribution < 1.29 is 4.79 Å². The molecule has 1 unspecified atom stereocenters. The van der Waals surface area contributed by atoms with E-state index in [4.69, 9.17) is 0 Å². The zero-order valence-corrected chi connectivity index (χ0v) is 12.4. The number of thioether (sulfide) groups is 1. The van der Waals surface area contributed by atoms with E-state index in [1.807, 2.05) is 42.1 Å². The minimum Gasteiger partial charge on any atom is -0.303 e. The molecule has 0 aliphatic rings.